The molecule has 1 heterocycles. The number of rotatable bonds is 0. The fourth-order valence-electron chi connectivity index (χ4n) is 1.27. The highest BCUT2D eigenvalue weighted by atomic mass is 35.5. The van der Waals surface area contributed by atoms with E-state index in [1.165, 1.54) is 13.0 Å². The number of nitrogens with zero attached hydrogens (tertiary/aromatic N) is 2. The van der Waals surface area contributed by atoms with E-state index in [0.717, 1.165) is 4.73 Å². The number of fused-ring (bicyclic) bond motifs is 1. The lowest BCUT2D eigenvalue weighted by atomic mass is 10.3. The van der Waals surface area contributed by atoms with Gasteiger partial charge in [0.15, 0.2) is 5.52 Å². The van der Waals surface area contributed by atoms with Gasteiger partial charge >= 0.3 is 0 Å². The van der Waals surface area contributed by atoms with Crippen LogP contribution in [0.2, 0.25) is 5.02 Å². The van der Waals surface area contributed by atoms with E-state index in [-0.39, 0.29) is 5.82 Å². The maximum atomic E-state index is 11.4. The van der Waals surface area contributed by atoms with Gasteiger partial charge in [0.1, 0.15) is 0 Å². The number of aromatic nitrogens is 2. The molecule has 2 aromatic rings. The van der Waals surface area contributed by atoms with Gasteiger partial charge in [-0.2, -0.15) is 0 Å². The molecule has 2 rings (SSSR count). The molecule has 1 aromatic carbocycles. The Kier molecular flexibility index (Phi) is 1.60. The van der Waals surface area contributed by atoms with Crippen molar-refractivity contribution in [2.75, 3.05) is 0 Å². The van der Waals surface area contributed by atoms with Crippen LogP contribution in [0.1, 0.15) is 5.82 Å². The first-order chi connectivity index (χ1) is 6.11. The molecule has 0 atom stereocenters. The Bertz CT molecular complexity index is 478. The van der Waals surface area contributed by atoms with Crippen LogP contribution in [0.3, 0.4) is 0 Å². The first-order valence-electron chi connectivity index (χ1n) is 3.70. The summed E-state index contributed by atoms with van der Waals surface area (Å²) in [5, 5.41) is 21.3. The molecule has 0 aliphatic carbocycles. The summed E-state index contributed by atoms with van der Waals surface area (Å²) in [4.78, 5) is 0. The molecule has 4 nitrogen and oxygen atoms in total. The number of benzene rings is 1. The van der Waals surface area contributed by atoms with Crippen LogP contribution in [-0.2, 0) is 0 Å². The fraction of sp³-hybridized carbons (Fsp3) is 0.125. The van der Waals surface area contributed by atoms with E-state index in [1.54, 1.807) is 12.1 Å². The van der Waals surface area contributed by atoms with Gasteiger partial charge in [0.2, 0.25) is 5.52 Å². The zero-order valence-electron chi connectivity index (χ0n) is 6.86. The second-order valence-corrected chi connectivity index (χ2v) is 3.22. The molecule has 0 saturated carbocycles. The lowest BCUT2D eigenvalue weighted by molar-refractivity contribution is -0.587. The van der Waals surface area contributed by atoms with E-state index in [4.69, 9.17) is 11.6 Å². The maximum absolute atomic E-state index is 11.4. The van der Waals surface area contributed by atoms with Crippen molar-refractivity contribution in [2.24, 2.45) is 0 Å². The first-order valence-corrected chi connectivity index (χ1v) is 4.08. The summed E-state index contributed by atoms with van der Waals surface area (Å²) in [6.07, 6.45) is 0. The van der Waals surface area contributed by atoms with Crippen molar-refractivity contribution in [1.29, 1.82) is 0 Å². The molecule has 0 amide bonds. The molecule has 5 heteroatoms. The summed E-state index contributed by atoms with van der Waals surface area (Å²) in [7, 11) is 0. The molecular formula is C8H7ClN2O2. The highest BCUT2D eigenvalue weighted by Crippen LogP contribution is 2.17. The Morgan fingerprint density at radius 3 is 2.92 bits per heavy atom. The Balaban J connectivity index is 2.95. The summed E-state index contributed by atoms with van der Waals surface area (Å²) in [6.45, 7) is 1.53. The summed E-state index contributed by atoms with van der Waals surface area (Å²) in [5.41, 5.74) is 0.824. The van der Waals surface area contributed by atoms with Crippen LogP contribution in [0.15, 0.2) is 18.2 Å². The third-order valence-corrected chi connectivity index (χ3v) is 2.22. The van der Waals surface area contributed by atoms with E-state index < -0.39 is 0 Å². The average molecular weight is 199 g/mol. The Morgan fingerprint density at radius 2 is 2.23 bits per heavy atom. The normalized spacial score (nSPS) is 10.9. The topological polar surface area (TPSA) is 52.1 Å². The van der Waals surface area contributed by atoms with Crippen molar-refractivity contribution in [3.63, 3.8) is 0 Å². The molecule has 68 valence electrons. The Labute approximate surface area is 79.1 Å². The molecule has 0 spiro atoms. The average Bonchev–Trinajstić information content (AvgIpc) is 2.32. The van der Waals surface area contributed by atoms with Gasteiger partial charge in [0.05, 0.1) is 0 Å². The van der Waals surface area contributed by atoms with Crippen molar-refractivity contribution in [3.05, 3.63) is 34.3 Å². The zero-order chi connectivity index (χ0) is 9.59. The zero-order valence-corrected chi connectivity index (χ0v) is 7.62. The third-order valence-electron chi connectivity index (χ3n) is 1.98. The standard InChI is InChI=1S/C8H7ClN2O2/c1-5-10(12)7-3-2-6(9)4-8(7)11(5)13/h2-4,12H,1H3. The lowest BCUT2D eigenvalue weighted by Gasteiger charge is -1.97. The number of hydrogen-bond donors (Lipinski definition) is 1. The van der Waals surface area contributed by atoms with E-state index in [9.17, 15) is 10.4 Å². The second kappa shape index (κ2) is 2.53. The highest BCUT2D eigenvalue weighted by Gasteiger charge is 2.16. The smallest absolute Gasteiger partial charge is 0.297 e. The monoisotopic (exact) mass is 198 g/mol. The number of hydrogen-bond acceptors (Lipinski definition) is 2. The molecule has 0 bridgehead atoms. The van der Waals surface area contributed by atoms with Gasteiger partial charge in [-0.05, 0) is 16.9 Å². The van der Waals surface area contributed by atoms with Crippen molar-refractivity contribution in [3.8, 4) is 0 Å². The van der Waals surface area contributed by atoms with Gasteiger partial charge in [0, 0.05) is 18.0 Å². The minimum Gasteiger partial charge on any atom is -0.710 e. The van der Waals surface area contributed by atoms with E-state index in [1.807, 2.05) is 0 Å². The molecule has 0 saturated heterocycles. The molecule has 0 fully saturated rings. The predicted octanol–water partition coefficient (Wildman–Crippen LogP) is 1.47. The van der Waals surface area contributed by atoms with Crippen LogP contribution < -0.4 is 4.73 Å². The molecule has 1 aromatic heterocycles. The maximum Gasteiger partial charge on any atom is 0.297 e. The van der Waals surface area contributed by atoms with Crippen LogP contribution in [0.5, 0.6) is 0 Å². The summed E-state index contributed by atoms with van der Waals surface area (Å²) < 4.78 is 1.49. The van der Waals surface area contributed by atoms with Crippen molar-refractivity contribution >= 4 is 22.6 Å². The van der Waals surface area contributed by atoms with Crippen LogP contribution in [0, 0.1) is 12.1 Å². The van der Waals surface area contributed by atoms with Crippen LogP contribution >= 0.6 is 11.6 Å². The van der Waals surface area contributed by atoms with Gasteiger partial charge in [-0.25, -0.2) is 4.73 Å². The van der Waals surface area contributed by atoms with Crippen LogP contribution in [0.25, 0.3) is 11.0 Å². The lowest BCUT2D eigenvalue weighted by Crippen LogP contribution is -2.28. The van der Waals surface area contributed by atoms with Gasteiger partial charge in [0.25, 0.3) is 5.82 Å². The van der Waals surface area contributed by atoms with E-state index in [2.05, 4.69) is 0 Å². The predicted molar refractivity (Wildman–Crippen MR) is 47.8 cm³/mol. The molecule has 0 aliphatic rings. The Hall–Kier alpha value is -1.42. The van der Waals surface area contributed by atoms with E-state index >= 15 is 0 Å². The molecule has 0 radical (unpaired) electrons. The Morgan fingerprint density at radius 1 is 1.54 bits per heavy atom. The number of halogens is 1. The molecule has 0 aliphatic heterocycles. The second-order valence-electron chi connectivity index (χ2n) is 2.79. The molecule has 13 heavy (non-hydrogen) atoms. The SMILES string of the molecule is Cc1n(O)c2ccc(Cl)cc2[n+]1[O-]. The minimum absolute atomic E-state index is 0.220. The molecule has 1 N–H and O–H groups in total. The minimum atomic E-state index is 0.220. The number of imidazole rings is 1. The largest absolute Gasteiger partial charge is 0.710 e. The summed E-state index contributed by atoms with van der Waals surface area (Å²) >= 11 is 5.71. The van der Waals surface area contributed by atoms with Gasteiger partial charge in [-0.15, -0.1) is 0 Å². The van der Waals surface area contributed by atoms with Crippen LogP contribution in [0.4, 0.5) is 0 Å². The van der Waals surface area contributed by atoms with Crippen molar-refractivity contribution in [2.45, 2.75) is 6.92 Å². The van der Waals surface area contributed by atoms with Gasteiger partial charge in [-0.1, -0.05) is 11.6 Å². The molecule has 0 unspecified atom stereocenters. The summed E-state index contributed by atoms with van der Waals surface area (Å²) in [5.74, 6) is 0.220. The van der Waals surface area contributed by atoms with Crippen molar-refractivity contribution < 1.29 is 9.94 Å². The van der Waals surface area contributed by atoms with Crippen molar-refractivity contribution in [1.82, 2.24) is 4.73 Å². The highest BCUT2D eigenvalue weighted by molar-refractivity contribution is 6.31. The van der Waals surface area contributed by atoms with E-state index in [0.29, 0.717) is 20.8 Å². The van der Waals surface area contributed by atoms with Crippen LogP contribution in [-0.4, -0.2) is 9.94 Å². The van der Waals surface area contributed by atoms with Gasteiger partial charge < -0.3 is 10.4 Å². The fourth-order valence-corrected chi connectivity index (χ4v) is 1.44. The van der Waals surface area contributed by atoms with Gasteiger partial charge in [-0.3, -0.25) is 0 Å². The third kappa shape index (κ3) is 1.02. The first kappa shape index (κ1) is 8.19. The summed E-state index contributed by atoms with van der Waals surface area (Å²) in [6, 6.07) is 4.73. The quantitative estimate of drug-likeness (QED) is 0.396. The molecular weight excluding hydrogens is 192 g/mol.